The predicted molar refractivity (Wildman–Crippen MR) is 99.4 cm³/mol. The summed E-state index contributed by atoms with van der Waals surface area (Å²) in [6.45, 7) is 5.17. The Labute approximate surface area is 151 Å². The molecule has 3 N–H and O–H groups in total. The third-order valence-electron chi connectivity index (χ3n) is 4.10. The van der Waals surface area contributed by atoms with Crippen LogP contribution in [0, 0.1) is 6.92 Å². The minimum absolute atomic E-state index is 0.377. The second kappa shape index (κ2) is 7.69. The molecular formula is C19H21N5O2. The molecule has 1 aromatic heterocycles. The van der Waals surface area contributed by atoms with Crippen molar-refractivity contribution in [2.75, 3.05) is 0 Å². The Balaban J connectivity index is 1.57. The zero-order valence-electron chi connectivity index (χ0n) is 14.7. The minimum atomic E-state index is -0.477. The van der Waals surface area contributed by atoms with Gasteiger partial charge in [0, 0.05) is 18.7 Å². The van der Waals surface area contributed by atoms with Gasteiger partial charge in [-0.3, -0.25) is 10.2 Å². The van der Waals surface area contributed by atoms with Crippen LogP contribution in [0.15, 0.2) is 48.5 Å². The topological polar surface area (TPSA) is 88.1 Å². The zero-order valence-corrected chi connectivity index (χ0v) is 14.7. The average Bonchev–Trinajstić information content (AvgIpc) is 2.99. The fourth-order valence-corrected chi connectivity index (χ4v) is 2.80. The highest BCUT2D eigenvalue weighted by Gasteiger charge is 2.11. The second-order valence-corrected chi connectivity index (χ2v) is 5.85. The molecule has 0 fully saturated rings. The third kappa shape index (κ3) is 3.83. The Morgan fingerprint density at radius 2 is 1.85 bits per heavy atom. The van der Waals surface area contributed by atoms with Crippen molar-refractivity contribution in [2.45, 2.75) is 26.9 Å². The lowest BCUT2D eigenvalue weighted by Gasteiger charge is -2.09. The van der Waals surface area contributed by atoms with Crippen LogP contribution in [0.25, 0.3) is 11.0 Å². The molecule has 0 saturated heterocycles. The number of amides is 3. The van der Waals surface area contributed by atoms with Crippen molar-refractivity contribution in [3.8, 4) is 0 Å². The quantitative estimate of drug-likeness (QED) is 0.631. The van der Waals surface area contributed by atoms with E-state index in [1.54, 1.807) is 12.1 Å². The molecule has 26 heavy (non-hydrogen) atoms. The normalized spacial score (nSPS) is 10.5. The lowest BCUT2D eigenvalue weighted by molar-refractivity contribution is 0.0936. The van der Waals surface area contributed by atoms with Gasteiger partial charge in [0.15, 0.2) is 0 Å². The Morgan fingerprint density at radius 1 is 1.08 bits per heavy atom. The van der Waals surface area contributed by atoms with E-state index in [0.29, 0.717) is 12.1 Å². The summed E-state index contributed by atoms with van der Waals surface area (Å²) < 4.78 is 2.08. The van der Waals surface area contributed by atoms with Gasteiger partial charge in [-0.2, -0.15) is 0 Å². The molecule has 0 atom stereocenters. The van der Waals surface area contributed by atoms with E-state index >= 15 is 0 Å². The van der Waals surface area contributed by atoms with Crippen LogP contribution < -0.4 is 16.2 Å². The van der Waals surface area contributed by atoms with Crippen LogP contribution in [-0.2, 0) is 13.1 Å². The molecule has 7 heteroatoms. The molecule has 0 bridgehead atoms. The number of rotatable bonds is 4. The molecule has 134 valence electrons. The highest BCUT2D eigenvalue weighted by atomic mass is 16.2. The van der Waals surface area contributed by atoms with Gasteiger partial charge < -0.3 is 9.88 Å². The molecule has 0 aliphatic rings. The van der Waals surface area contributed by atoms with E-state index in [-0.39, 0.29) is 0 Å². The molecule has 1 heterocycles. The number of imidazole rings is 1. The van der Waals surface area contributed by atoms with Crippen molar-refractivity contribution in [1.29, 1.82) is 0 Å². The number of hydrogen-bond donors (Lipinski definition) is 3. The predicted octanol–water partition coefficient (Wildman–Crippen LogP) is 2.51. The van der Waals surface area contributed by atoms with E-state index in [2.05, 4.69) is 25.7 Å². The van der Waals surface area contributed by atoms with Crippen LogP contribution >= 0.6 is 0 Å². The van der Waals surface area contributed by atoms with Crippen LogP contribution in [0.3, 0.4) is 0 Å². The molecule has 3 amide bonds. The number of aromatic nitrogens is 2. The van der Waals surface area contributed by atoms with Crippen LogP contribution in [0.5, 0.6) is 0 Å². The van der Waals surface area contributed by atoms with E-state index in [0.717, 1.165) is 29.0 Å². The molecule has 2 aromatic carbocycles. The van der Waals surface area contributed by atoms with Gasteiger partial charge in [-0.25, -0.2) is 15.2 Å². The Kier molecular flexibility index (Phi) is 5.17. The molecule has 3 rings (SSSR count). The van der Waals surface area contributed by atoms with Crippen molar-refractivity contribution in [2.24, 2.45) is 0 Å². The smallest absolute Gasteiger partial charge is 0.333 e. The van der Waals surface area contributed by atoms with Crippen molar-refractivity contribution in [3.05, 3.63) is 65.5 Å². The number of carbonyl (C=O) groups is 2. The maximum absolute atomic E-state index is 12.2. The van der Waals surface area contributed by atoms with Gasteiger partial charge in [0.25, 0.3) is 5.91 Å². The number of fused-ring (bicyclic) bond motifs is 1. The Morgan fingerprint density at radius 3 is 2.58 bits per heavy atom. The number of aryl methyl sites for hydroxylation is 2. The molecule has 0 aliphatic heterocycles. The summed E-state index contributed by atoms with van der Waals surface area (Å²) in [6.07, 6.45) is 0. The molecule has 0 unspecified atom stereocenters. The molecule has 3 aromatic rings. The van der Waals surface area contributed by atoms with Gasteiger partial charge in [-0.1, -0.05) is 30.3 Å². The monoisotopic (exact) mass is 351 g/mol. The number of benzene rings is 2. The van der Waals surface area contributed by atoms with Gasteiger partial charge >= 0.3 is 6.03 Å². The zero-order chi connectivity index (χ0) is 18.5. The summed E-state index contributed by atoms with van der Waals surface area (Å²) in [7, 11) is 0. The molecule has 0 spiro atoms. The molecule has 7 nitrogen and oxygen atoms in total. The first-order chi connectivity index (χ1) is 12.6. The number of hydrogen-bond acceptors (Lipinski definition) is 3. The standard InChI is InChI=1S/C19H21N5O2/c1-3-24-13(2)21-16-11-15(9-10-17(16)24)18(25)22-23-19(26)20-12-14-7-5-4-6-8-14/h4-11H,3,12H2,1-2H3,(H,22,25)(H2,20,23,26). The van der Waals surface area contributed by atoms with Crippen LogP contribution in [0.1, 0.15) is 28.7 Å². The summed E-state index contributed by atoms with van der Waals surface area (Å²) in [6, 6.07) is 14.3. The number of nitrogens with zero attached hydrogens (tertiary/aromatic N) is 2. The van der Waals surface area contributed by atoms with Gasteiger partial charge in [-0.15, -0.1) is 0 Å². The fraction of sp³-hybridized carbons (Fsp3) is 0.211. The minimum Gasteiger partial charge on any atom is -0.333 e. The van der Waals surface area contributed by atoms with E-state index in [4.69, 9.17) is 0 Å². The molecular weight excluding hydrogens is 330 g/mol. The van der Waals surface area contributed by atoms with Crippen LogP contribution in [0.2, 0.25) is 0 Å². The summed E-state index contributed by atoms with van der Waals surface area (Å²) in [4.78, 5) is 28.5. The maximum atomic E-state index is 12.2. The third-order valence-corrected chi connectivity index (χ3v) is 4.10. The van der Waals surface area contributed by atoms with Crippen molar-refractivity contribution < 1.29 is 9.59 Å². The van der Waals surface area contributed by atoms with Crippen molar-refractivity contribution in [3.63, 3.8) is 0 Å². The molecule has 0 saturated carbocycles. The van der Waals surface area contributed by atoms with Crippen LogP contribution in [-0.4, -0.2) is 21.5 Å². The first-order valence-electron chi connectivity index (χ1n) is 8.43. The largest absolute Gasteiger partial charge is 0.333 e. The summed E-state index contributed by atoms with van der Waals surface area (Å²) in [5.41, 5.74) is 7.89. The Hall–Kier alpha value is -3.35. The summed E-state index contributed by atoms with van der Waals surface area (Å²) >= 11 is 0. The van der Waals surface area contributed by atoms with Crippen molar-refractivity contribution in [1.82, 2.24) is 25.7 Å². The van der Waals surface area contributed by atoms with E-state index in [9.17, 15) is 9.59 Å². The van der Waals surface area contributed by atoms with E-state index < -0.39 is 11.9 Å². The Bertz CT molecular complexity index is 934. The van der Waals surface area contributed by atoms with Gasteiger partial charge in [0.1, 0.15) is 5.82 Å². The number of carbonyl (C=O) groups excluding carboxylic acids is 2. The summed E-state index contributed by atoms with van der Waals surface area (Å²) in [5, 5.41) is 2.67. The number of nitrogens with one attached hydrogen (secondary N) is 3. The fourth-order valence-electron chi connectivity index (χ4n) is 2.80. The lowest BCUT2D eigenvalue weighted by Crippen LogP contribution is -2.46. The highest BCUT2D eigenvalue weighted by molar-refractivity contribution is 5.98. The van der Waals surface area contributed by atoms with Gasteiger partial charge in [0.2, 0.25) is 0 Å². The highest BCUT2D eigenvalue weighted by Crippen LogP contribution is 2.17. The van der Waals surface area contributed by atoms with Crippen LogP contribution in [0.4, 0.5) is 4.79 Å². The lowest BCUT2D eigenvalue weighted by atomic mass is 10.2. The molecule has 0 radical (unpaired) electrons. The van der Waals surface area contributed by atoms with E-state index in [1.807, 2.05) is 50.2 Å². The first-order valence-corrected chi connectivity index (χ1v) is 8.43. The first kappa shape index (κ1) is 17.5. The number of hydrazine groups is 1. The number of urea groups is 1. The summed E-state index contributed by atoms with van der Waals surface area (Å²) in [5.74, 6) is 0.504. The van der Waals surface area contributed by atoms with Crippen molar-refractivity contribution >= 4 is 23.0 Å². The van der Waals surface area contributed by atoms with Gasteiger partial charge in [-0.05, 0) is 37.6 Å². The van der Waals surface area contributed by atoms with Gasteiger partial charge in [0.05, 0.1) is 11.0 Å². The maximum Gasteiger partial charge on any atom is 0.333 e. The SMILES string of the molecule is CCn1c(C)nc2cc(C(=O)NNC(=O)NCc3ccccc3)ccc21. The van der Waals surface area contributed by atoms with E-state index in [1.165, 1.54) is 0 Å². The second-order valence-electron chi connectivity index (χ2n) is 5.85. The average molecular weight is 351 g/mol. The molecule has 0 aliphatic carbocycles.